The molecule has 0 aliphatic rings. The molecule has 0 saturated carbocycles. The van der Waals surface area contributed by atoms with Crippen LogP contribution < -0.4 is 10.1 Å². The molecule has 2 rings (SSSR count). The van der Waals surface area contributed by atoms with Crippen LogP contribution in [0.3, 0.4) is 0 Å². The van der Waals surface area contributed by atoms with Crippen LogP contribution in [0.4, 0.5) is 4.39 Å². The number of ether oxygens (including phenoxy) is 1. The molecule has 0 bridgehead atoms. The van der Waals surface area contributed by atoms with E-state index in [1.165, 1.54) is 11.6 Å². The Labute approximate surface area is 126 Å². The summed E-state index contributed by atoms with van der Waals surface area (Å²) in [6, 6.07) is 15.1. The molecule has 2 nitrogen and oxygen atoms in total. The average Bonchev–Trinajstić information content (AvgIpc) is 2.52. The Bertz CT molecular complexity index is 571. The molecule has 0 saturated heterocycles. The van der Waals surface area contributed by atoms with Crippen LogP contribution in [0.15, 0.2) is 48.5 Å². The summed E-state index contributed by atoms with van der Waals surface area (Å²) in [7, 11) is 0. The number of hydrogen-bond donors (Lipinski definition) is 1. The Hall–Kier alpha value is -1.87. The van der Waals surface area contributed by atoms with E-state index in [-0.39, 0.29) is 12.4 Å². The van der Waals surface area contributed by atoms with E-state index in [1.54, 1.807) is 12.1 Å². The van der Waals surface area contributed by atoms with Gasteiger partial charge in [0.1, 0.15) is 18.2 Å². The molecule has 0 radical (unpaired) electrons. The molecular weight excluding hydrogens is 265 g/mol. The van der Waals surface area contributed by atoms with Crippen molar-refractivity contribution < 1.29 is 9.13 Å². The van der Waals surface area contributed by atoms with E-state index in [9.17, 15) is 4.39 Å². The summed E-state index contributed by atoms with van der Waals surface area (Å²) in [5.41, 5.74) is 1.74. The number of hydrogen-bond acceptors (Lipinski definition) is 2. The second kappa shape index (κ2) is 7.79. The van der Waals surface area contributed by atoms with Gasteiger partial charge in [-0.15, -0.1) is 0 Å². The van der Waals surface area contributed by atoms with Gasteiger partial charge in [0.15, 0.2) is 0 Å². The maximum Gasteiger partial charge on any atom is 0.129 e. The molecule has 0 aromatic heterocycles. The van der Waals surface area contributed by atoms with Gasteiger partial charge in [-0.1, -0.05) is 37.3 Å². The van der Waals surface area contributed by atoms with E-state index in [4.69, 9.17) is 4.74 Å². The summed E-state index contributed by atoms with van der Waals surface area (Å²) in [4.78, 5) is 0. The summed E-state index contributed by atoms with van der Waals surface area (Å²) < 4.78 is 19.2. The summed E-state index contributed by atoms with van der Waals surface area (Å²) >= 11 is 0. The highest BCUT2D eigenvalue weighted by molar-refractivity contribution is 5.29. The Morgan fingerprint density at radius 1 is 1.14 bits per heavy atom. The third-order valence-corrected chi connectivity index (χ3v) is 3.52. The standard InChI is InChI=1S/C18H22FNO/c1-3-14(2)20-12-15-7-6-9-17(11-15)21-13-16-8-4-5-10-18(16)19/h4-11,14,20H,3,12-13H2,1-2H3. The van der Waals surface area contributed by atoms with Crippen LogP contribution in [0.5, 0.6) is 5.75 Å². The zero-order valence-electron chi connectivity index (χ0n) is 12.6. The molecule has 1 atom stereocenters. The predicted octanol–water partition coefficient (Wildman–Crippen LogP) is 4.29. The van der Waals surface area contributed by atoms with Gasteiger partial charge in [0, 0.05) is 18.2 Å². The molecular formula is C18H22FNO. The van der Waals surface area contributed by atoms with Crippen LogP contribution in [0.1, 0.15) is 31.4 Å². The van der Waals surface area contributed by atoms with E-state index in [2.05, 4.69) is 25.2 Å². The number of rotatable bonds is 7. The van der Waals surface area contributed by atoms with Gasteiger partial charge in [-0.25, -0.2) is 4.39 Å². The van der Waals surface area contributed by atoms with Gasteiger partial charge >= 0.3 is 0 Å². The average molecular weight is 287 g/mol. The van der Waals surface area contributed by atoms with Gasteiger partial charge in [-0.2, -0.15) is 0 Å². The fourth-order valence-corrected chi connectivity index (χ4v) is 1.96. The largest absolute Gasteiger partial charge is 0.489 e. The maximum atomic E-state index is 13.5. The van der Waals surface area contributed by atoms with Crippen LogP contribution in [0.2, 0.25) is 0 Å². The molecule has 0 aliphatic heterocycles. The highest BCUT2D eigenvalue weighted by atomic mass is 19.1. The Balaban J connectivity index is 1.93. The van der Waals surface area contributed by atoms with E-state index >= 15 is 0 Å². The third kappa shape index (κ3) is 4.87. The van der Waals surface area contributed by atoms with Crippen LogP contribution in [0.25, 0.3) is 0 Å². The second-order valence-corrected chi connectivity index (χ2v) is 5.22. The minimum absolute atomic E-state index is 0.230. The normalized spacial score (nSPS) is 12.1. The third-order valence-electron chi connectivity index (χ3n) is 3.52. The van der Waals surface area contributed by atoms with Crippen LogP contribution in [0, 0.1) is 5.82 Å². The van der Waals surface area contributed by atoms with E-state index < -0.39 is 0 Å². The molecule has 0 aliphatic carbocycles. The molecule has 112 valence electrons. The molecule has 2 aromatic rings. The maximum absolute atomic E-state index is 13.5. The lowest BCUT2D eigenvalue weighted by molar-refractivity contribution is 0.299. The van der Waals surface area contributed by atoms with Gasteiger partial charge in [0.05, 0.1) is 0 Å². The monoisotopic (exact) mass is 287 g/mol. The van der Waals surface area contributed by atoms with Crippen molar-refractivity contribution in [2.75, 3.05) is 0 Å². The van der Waals surface area contributed by atoms with E-state index in [0.29, 0.717) is 11.6 Å². The minimum Gasteiger partial charge on any atom is -0.489 e. The first kappa shape index (κ1) is 15.5. The number of nitrogens with one attached hydrogen (secondary N) is 1. The lowest BCUT2D eigenvalue weighted by Gasteiger charge is -2.12. The summed E-state index contributed by atoms with van der Waals surface area (Å²) in [6.07, 6.45) is 1.10. The van der Waals surface area contributed by atoms with E-state index in [0.717, 1.165) is 18.7 Å². The van der Waals surface area contributed by atoms with Crippen molar-refractivity contribution in [3.63, 3.8) is 0 Å². The SMILES string of the molecule is CCC(C)NCc1cccc(OCc2ccccc2F)c1. The lowest BCUT2D eigenvalue weighted by atomic mass is 10.2. The molecule has 0 spiro atoms. The first-order valence-corrected chi connectivity index (χ1v) is 7.37. The molecule has 1 unspecified atom stereocenters. The number of halogens is 1. The minimum atomic E-state index is -0.230. The van der Waals surface area contributed by atoms with Crippen molar-refractivity contribution >= 4 is 0 Å². The second-order valence-electron chi connectivity index (χ2n) is 5.22. The van der Waals surface area contributed by atoms with E-state index in [1.807, 2.05) is 24.3 Å². The summed E-state index contributed by atoms with van der Waals surface area (Å²) in [5.74, 6) is 0.536. The fraction of sp³-hybridized carbons (Fsp3) is 0.333. The molecule has 2 aromatic carbocycles. The molecule has 0 heterocycles. The predicted molar refractivity (Wildman–Crippen MR) is 83.8 cm³/mol. The zero-order valence-corrected chi connectivity index (χ0v) is 12.6. The first-order chi connectivity index (χ1) is 10.2. The topological polar surface area (TPSA) is 21.3 Å². The van der Waals surface area contributed by atoms with Gasteiger partial charge in [-0.05, 0) is 37.1 Å². The van der Waals surface area contributed by atoms with Gasteiger partial charge in [0.2, 0.25) is 0 Å². The molecule has 0 amide bonds. The van der Waals surface area contributed by atoms with Gasteiger partial charge in [0.25, 0.3) is 0 Å². The fourth-order valence-electron chi connectivity index (χ4n) is 1.96. The molecule has 21 heavy (non-hydrogen) atoms. The van der Waals surface area contributed by atoms with Crippen molar-refractivity contribution in [2.24, 2.45) is 0 Å². The van der Waals surface area contributed by atoms with Crippen LogP contribution in [-0.4, -0.2) is 6.04 Å². The highest BCUT2D eigenvalue weighted by Crippen LogP contribution is 2.16. The van der Waals surface area contributed by atoms with Crippen LogP contribution in [-0.2, 0) is 13.2 Å². The lowest BCUT2D eigenvalue weighted by Crippen LogP contribution is -2.24. The summed E-state index contributed by atoms with van der Waals surface area (Å²) in [6.45, 7) is 5.38. The van der Waals surface area contributed by atoms with Crippen molar-refractivity contribution in [3.8, 4) is 5.75 Å². The molecule has 1 N–H and O–H groups in total. The number of benzene rings is 2. The van der Waals surface area contributed by atoms with Crippen molar-refractivity contribution in [2.45, 2.75) is 39.5 Å². The smallest absolute Gasteiger partial charge is 0.129 e. The first-order valence-electron chi connectivity index (χ1n) is 7.37. The zero-order chi connectivity index (χ0) is 15.1. The van der Waals surface area contributed by atoms with Crippen molar-refractivity contribution in [3.05, 3.63) is 65.5 Å². The van der Waals surface area contributed by atoms with Crippen molar-refractivity contribution in [1.82, 2.24) is 5.32 Å². The highest BCUT2D eigenvalue weighted by Gasteiger charge is 2.03. The molecule has 0 fully saturated rings. The van der Waals surface area contributed by atoms with Gasteiger partial charge in [-0.3, -0.25) is 0 Å². The Morgan fingerprint density at radius 3 is 2.71 bits per heavy atom. The quantitative estimate of drug-likeness (QED) is 0.820. The van der Waals surface area contributed by atoms with Crippen LogP contribution >= 0.6 is 0 Å². The summed E-state index contributed by atoms with van der Waals surface area (Å²) in [5, 5.41) is 3.44. The Kier molecular flexibility index (Phi) is 5.76. The Morgan fingerprint density at radius 2 is 1.95 bits per heavy atom. The van der Waals surface area contributed by atoms with Gasteiger partial charge < -0.3 is 10.1 Å². The van der Waals surface area contributed by atoms with Crippen molar-refractivity contribution in [1.29, 1.82) is 0 Å². The molecule has 3 heteroatoms.